The van der Waals surface area contributed by atoms with E-state index in [4.69, 9.17) is 4.74 Å². The third-order valence-electron chi connectivity index (χ3n) is 5.26. The zero-order valence-electron chi connectivity index (χ0n) is 16.4. The van der Waals surface area contributed by atoms with Gasteiger partial charge in [-0.05, 0) is 70.1 Å². The predicted octanol–water partition coefficient (Wildman–Crippen LogP) is 6.54. The summed E-state index contributed by atoms with van der Waals surface area (Å²) < 4.78 is 5.96. The predicted molar refractivity (Wildman–Crippen MR) is 107 cm³/mol. The van der Waals surface area contributed by atoms with Crippen molar-refractivity contribution in [3.8, 4) is 11.5 Å². The van der Waals surface area contributed by atoms with Crippen LogP contribution in [0, 0.1) is 5.92 Å². The molecule has 0 saturated carbocycles. The molecule has 138 valence electrons. The van der Waals surface area contributed by atoms with E-state index in [2.05, 4.69) is 39.5 Å². The van der Waals surface area contributed by atoms with Gasteiger partial charge in [0.1, 0.15) is 11.5 Å². The molecule has 0 aliphatic heterocycles. The average molecular weight is 343 g/mol. The van der Waals surface area contributed by atoms with Gasteiger partial charge in [0.25, 0.3) is 0 Å². The molecule has 0 saturated heterocycles. The lowest BCUT2D eigenvalue weighted by molar-refractivity contribution is 0.325. The standard InChI is InChI=1S/C23H34O2/c1-6-8-9-10-18-14-21(24)23(22(15-18)25-7-2)20-13-17(5)11-12-19(20)16(3)4/h13-15,19-20,24H,3,6-12H2,1-2,4-5H3/t19-,20+/m0/s1. The minimum atomic E-state index is 0.150. The molecule has 1 N–H and O–H groups in total. The second-order valence-electron chi connectivity index (χ2n) is 7.45. The number of rotatable bonds is 8. The summed E-state index contributed by atoms with van der Waals surface area (Å²) in [6, 6.07) is 4.09. The first kappa shape index (κ1) is 19.6. The van der Waals surface area contributed by atoms with Crippen LogP contribution < -0.4 is 4.74 Å². The maximum atomic E-state index is 10.9. The summed E-state index contributed by atoms with van der Waals surface area (Å²) in [7, 11) is 0. The molecular formula is C23H34O2. The van der Waals surface area contributed by atoms with Crippen molar-refractivity contribution in [3.63, 3.8) is 0 Å². The molecule has 0 aromatic heterocycles. The second kappa shape index (κ2) is 9.12. The highest BCUT2D eigenvalue weighted by molar-refractivity contribution is 5.52. The van der Waals surface area contributed by atoms with Crippen molar-refractivity contribution in [2.75, 3.05) is 6.61 Å². The van der Waals surface area contributed by atoms with Crippen LogP contribution in [-0.4, -0.2) is 11.7 Å². The van der Waals surface area contributed by atoms with E-state index in [1.807, 2.05) is 13.0 Å². The Morgan fingerprint density at radius 3 is 2.68 bits per heavy atom. The summed E-state index contributed by atoms with van der Waals surface area (Å²) in [6.07, 6.45) is 9.06. The van der Waals surface area contributed by atoms with Gasteiger partial charge in [0.2, 0.25) is 0 Å². The lowest BCUT2D eigenvalue weighted by Crippen LogP contribution is -2.18. The van der Waals surface area contributed by atoms with Gasteiger partial charge >= 0.3 is 0 Å². The smallest absolute Gasteiger partial charge is 0.127 e. The van der Waals surface area contributed by atoms with Gasteiger partial charge in [-0.2, -0.15) is 0 Å². The first-order valence-electron chi connectivity index (χ1n) is 9.79. The summed E-state index contributed by atoms with van der Waals surface area (Å²) in [5, 5.41) is 10.9. The van der Waals surface area contributed by atoms with Crippen molar-refractivity contribution < 1.29 is 9.84 Å². The SMILES string of the molecule is C=C(C)[C@@H]1CCC(C)=C[C@H]1c1c(O)cc(CCCCC)cc1OCC. The zero-order valence-corrected chi connectivity index (χ0v) is 16.4. The van der Waals surface area contributed by atoms with Crippen molar-refractivity contribution in [2.24, 2.45) is 5.92 Å². The molecule has 2 rings (SSSR count). The monoisotopic (exact) mass is 342 g/mol. The van der Waals surface area contributed by atoms with Crippen LogP contribution in [0.25, 0.3) is 0 Å². The van der Waals surface area contributed by atoms with Gasteiger partial charge in [-0.1, -0.05) is 43.6 Å². The average Bonchev–Trinajstić information content (AvgIpc) is 2.55. The van der Waals surface area contributed by atoms with E-state index in [1.54, 1.807) is 0 Å². The van der Waals surface area contributed by atoms with Crippen molar-refractivity contribution >= 4 is 0 Å². The van der Waals surface area contributed by atoms with E-state index in [1.165, 1.54) is 29.6 Å². The number of unbranched alkanes of at least 4 members (excludes halogenated alkanes) is 2. The highest BCUT2D eigenvalue weighted by atomic mass is 16.5. The summed E-state index contributed by atoms with van der Waals surface area (Å²) >= 11 is 0. The quantitative estimate of drug-likeness (QED) is 0.429. The van der Waals surface area contributed by atoms with Gasteiger partial charge in [-0.25, -0.2) is 0 Å². The third kappa shape index (κ3) is 4.90. The summed E-state index contributed by atoms with van der Waals surface area (Å²) in [6.45, 7) is 13.3. The maximum Gasteiger partial charge on any atom is 0.127 e. The number of aryl methyl sites for hydroxylation is 1. The molecule has 1 aliphatic rings. The Bertz CT molecular complexity index is 627. The van der Waals surface area contributed by atoms with Crippen LogP contribution in [0.2, 0.25) is 0 Å². The highest BCUT2D eigenvalue weighted by Gasteiger charge is 2.30. The number of hydrogen-bond acceptors (Lipinski definition) is 2. The summed E-state index contributed by atoms with van der Waals surface area (Å²) in [5.41, 5.74) is 4.67. The summed E-state index contributed by atoms with van der Waals surface area (Å²) in [4.78, 5) is 0. The van der Waals surface area contributed by atoms with E-state index in [0.29, 0.717) is 18.3 Å². The molecule has 2 heteroatoms. The normalized spacial score (nSPS) is 20.2. The van der Waals surface area contributed by atoms with Crippen molar-refractivity contribution in [1.29, 1.82) is 0 Å². The fourth-order valence-corrected chi connectivity index (χ4v) is 3.91. The van der Waals surface area contributed by atoms with Crippen LogP contribution in [0.15, 0.2) is 35.9 Å². The Morgan fingerprint density at radius 2 is 2.04 bits per heavy atom. The number of phenols is 1. The van der Waals surface area contributed by atoms with E-state index in [-0.39, 0.29) is 5.92 Å². The molecule has 0 radical (unpaired) electrons. The fraction of sp³-hybridized carbons (Fsp3) is 0.565. The Balaban J connectivity index is 2.43. The first-order chi connectivity index (χ1) is 12.0. The fourth-order valence-electron chi connectivity index (χ4n) is 3.91. The molecule has 1 aromatic rings. The number of benzene rings is 1. The van der Waals surface area contributed by atoms with E-state index in [9.17, 15) is 5.11 Å². The van der Waals surface area contributed by atoms with Gasteiger partial charge in [-0.3, -0.25) is 0 Å². The number of phenolic OH excluding ortho intramolecular Hbond substituents is 1. The number of ether oxygens (including phenoxy) is 1. The molecule has 0 fully saturated rings. The molecule has 0 heterocycles. The van der Waals surface area contributed by atoms with E-state index in [0.717, 1.165) is 37.0 Å². The van der Waals surface area contributed by atoms with Crippen LogP contribution in [-0.2, 0) is 6.42 Å². The minimum absolute atomic E-state index is 0.150. The maximum absolute atomic E-state index is 10.9. The van der Waals surface area contributed by atoms with E-state index < -0.39 is 0 Å². The van der Waals surface area contributed by atoms with Gasteiger partial charge in [0.15, 0.2) is 0 Å². The molecule has 0 unspecified atom stereocenters. The molecule has 25 heavy (non-hydrogen) atoms. The van der Waals surface area contributed by atoms with E-state index >= 15 is 0 Å². The van der Waals surface area contributed by atoms with Crippen molar-refractivity contribution in [2.45, 2.75) is 72.1 Å². The second-order valence-corrected chi connectivity index (χ2v) is 7.45. The van der Waals surface area contributed by atoms with Crippen molar-refractivity contribution in [3.05, 3.63) is 47.1 Å². The van der Waals surface area contributed by atoms with Crippen LogP contribution in [0.5, 0.6) is 11.5 Å². The third-order valence-corrected chi connectivity index (χ3v) is 5.26. The Kier molecular flexibility index (Phi) is 7.16. The minimum Gasteiger partial charge on any atom is -0.507 e. The molecule has 2 atom stereocenters. The van der Waals surface area contributed by atoms with Crippen LogP contribution in [0.1, 0.15) is 76.8 Å². The van der Waals surface area contributed by atoms with Gasteiger partial charge in [-0.15, -0.1) is 0 Å². The number of hydrogen-bond donors (Lipinski definition) is 1. The topological polar surface area (TPSA) is 29.5 Å². The van der Waals surface area contributed by atoms with Gasteiger partial charge in [0.05, 0.1) is 6.61 Å². The molecule has 1 aliphatic carbocycles. The van der Waals surface area contributed by atoms with Crippen LogP contribution in [0.3, 0.4) is 0 Å². The Morgan fingerprint density at radius 1 is 1.28 bits per heavy atom. The lowest BCUT2D eigenvalue weighted by atomic mass is 9.73. The molecule has 0 amide bonds. The Labute approximate surface area is 153 Å². The first-order valence-corrected chi connectivity index (χ1v) is 9.79. The number of allylic oxidation sites excluding steroid dienone is 3. The summed E-state index contributed by atoms with van der Waals surface area (Å²) in [5.74, 6) is 1.73. The molecule has 2 nitrogen and oxygen atoms in total. The molecule has 1 aromatic carbocycles. The Hall–Kier alpha value is -1.70. The van der Waals surface area contributed by atoms with Gasteiger partial charge < -0.3 is 9.84 Å². The molecule has 0 bridgehead atoms. The highest BCUT2D eigenvalue weighted by Crippen LogP contribution is 2.46. The van der Waals surface area contributed by atoms with Gasteiger partial charge in [0, 0.05) is 11.5 Å². The number of aromatic hydroxyl groups is 1. The lowest BCUT2D eigenvalue weighted by Gasteiger charge is -2.32. The zero-order chi connectivity index (χ0) is 18.4. The molecular weight excluding hydrogens is 308 g/mol. The molecule has 0 spiro atoms. The van der Waals surface area contributed by atoms with Crippen LogP contribution >= 0.6 is 0 Å². The largest absolute Gasteiger partial charge is 0.507 e. The van der Waals surface area contributed by atoms with Crippen LogP contribution in [0.4, 0.5) is 0 Å². The van der Waals surface area contributed by atoms with Crippen molar-refractivity contribution in [1.82, 2.24) is 0 Å².